The highest BCUT2D eigenvalue weighted by Crippen LogP contribution is 2.68. The number of hydrogen-bond donors (Lipinski definition) is 0. The van der Waals surface area contributed by atoms with Gasteiger partial charge in [0.25, 0.3) is 0 Å². The Balaban J connectivity index is 1.05. The Morgan fingerprint density at radius 2 is 0.929 bits per heavy atom. The summed E-state index contributed by atoms with van der Waals surface area (Å²) in [6.45, 7) is 5.49. The molecular formula is C34H40O8. The molecule has 4 saturated carbocycles. The zero-order chi connectivity index (χ0) is 27.7. The molecule has 8 heteroatoms. The molecule has 8 aliphatic rings. The Hall–Kier alpha value is -2.52. The van der Waals surface area contributed by atoms with E-state index < -0.39 is 0 Å². The summed E-state index contributed by atoms with van der Waals surface area (Å²) in [5, 5.41) is 0. The van der Waals surface area contributed by atoms with E-state index in [9.17, 15) is 0 Å². The van der Waals surface area contributed by atoms with E-state index in [4.69, 9.17) is 37.9 Å². The Bertz CT molecular complexity index is 1220. The summed E-state index contributed by atoms with van der Waals surface area (Å²) in [7, 11) is 0. The molecule has 0 radical (unpaired) electrons. The van der Waals surface area contributed by atoms with Crippen molar-refractivity contribution in [3.63, 3.8) is 0 Å². The maximum atomic E-state index is 6.51. The fraction of sp³-hybridized carbons (Fsp3) is 0.647. The zero-order valence-corrected chi connectivity index (χ0v) is 24.1. The minimum Gasteiger partial charge on any atom is -0.491 e. The van der Waals surface area contributed by atoms with Crippen molar-refractivity contribution in [1.29, 1.82) is 0 Å². The number of benzene rings is 2. The van der Waals surface area contributed by atoms with E-state index in [2.05, 4.69) is 36.4 Å². The van der Waals surface area contributed by atoms with Crippen LogP contribution in [0.15, 0.2) is 36.4 Å². The highest BCUT2D eigenvalue weighted by molar-refractivity contribution is 5.51. The molecule has 6 atom stereocenters. The number of rotatable bonds is 14. The summed E-state index contributed by atoms with van der Waals surface area (Å²) in [6.07, 6.45) is 8.13. The van der Waals surface area contributed by atoms with Gasteiger partial charge in [0.05, 0.1) is 26.4 Å². The second-order valence-corrected chi connectivity index (χ2v) is 13.9. The standard InChI is InChI=1S/C34H40O8/c1-3-29(31(41-18-27-16-39-27)6-23(1)35-12-25-14-37-25)33-8-21-5-22(9-33)11-34(10-21,20-33)30-4-2-24(36-13-26-15-38-26)7-32(30)42-19-28-17-40-28/h1-4,6-7,21-22,25-28H,5,8-20H2/t21?,22?,25-,26?,27?,28?,33?,34?/m1/s1. The molecule has 2 aromatic carbocycles. The molecule has 0 spiro atoms. The first-order valence-electron chi connectivity index (χ1n) is 15.9. The van der Waals surface area contributed by atoms with Gasteiger partial charge in [-0.2, -0.15) is 0 Å². The average molecular weight is 577 g/mol. The number of hydrogen-bond acceptors (Lipinski definition) is 8. The van der Waals surface area contributed by atoms with E-state index in [0.717, 1.165) is 55.8 Å². The molecule has 10 rings (SSSR count). The zero-order valence-electron chi connectivity index (χ0n) is 24.1. The summed E-state index contributed by atoms with van der Waals surface area (Å²) in [4.78, 5) is 0. The van der Waals surface area contributed by atoms with Gasteiger partial charge >= 0.3 is 0 Å². The second-order valence-electron chi connectivity index (χ2n) is 13.9. The molecule has 4 aliphatic carbocycles. The Morgan fingerprint density at radius 1 is 0.548 bits per heavy atom. The third-order valence-corrected chi connectivity index (χ3v) is 10.4. The molecule has 5 unspecified atom stereocenters. The smallest absolute Gasteiger partial charge is 0.126 e. The van der Waals surface area contributed by atoms with Crippen LogP contribution in [0.3, 0.4) is 0 Å². The molecule has 42 heavy (non-hydrogen) atoms. The molecule has 4 aliphatic heterocycles. The van der Waals surface area contributed by atoms with Crippen LogP contribution in [-0.2, 0) is 29.8 Å². The van der Waals surface area contributed by atoms with E-state index >= 15 is 0 Å². The SMILES string of the molecule is c1cc(C23CC4CC(C2)CC(c2ccc(OC[C@@H]5CO5)cc2OCC2CO2)(C4)C3)c(OCC2CO2)cc1OCC1CO1. The third kappa shape index (κ3) is 5.25. The lowest BCUT2D eigenvalue weighted by Gasteiger charge is -2.63. The van der Waals surface area contributed by atoms with Gasteiger partial charge in [-0.3, -0.25) is 0 Å². The van der Waals surface area contributed by atoms with Crippen molar-refractivity contribution >= 4 is 0 Å². The predicted octanol–water partition coefficient (Wildman–Crippen LogP) is 4.59. The molecule has 0 N–H and O–H groups in total. The van der Waals surface area contributed by atoms with Gasteiger partial charge < -0.3 is 37.9 Å². The number of ether oxygens (including phenoxy) is 8. The van der Waals surface area contributed by atoms with E-state index in [1.54, 1.807) is 0 Å². The molecular weight excluding hydrogens is 536 g/mol. The van der Waals surface area contributed by atoms with Gasteiger partial charge in [0, 0.05) is 34.1 Å². The fourth-order valence-corrected chi connectivity index (χ4v) is 8.59. The van der Waals surface area contributed by atoms with Crippen molar-refractivity contribution in [2.24, 2.45) is 11.8 Å². The van der Waals surface area contributed by atoms with E-state index in [0.29, 0.717) is 38.3 Å². The van der Waals surface area contributed by atoms with Gasteiger partial charge in [0.1, 0.15) is 73.8 Å². The lowest BCUT2D eigenvalue weighted by Crippen LogP contribution is -2.56. The van der Waals surface area contributed by atoms with Gasteiger partial charge in [0.2, 0.25) is 0 Å². The van der Waals surface area contributed by atoms with Gasteiger partial charge in [-0.1, -0.05) is 12.1 Å². The molecule has 4 heterocycles. The maximum Gasteiger partial charge on any atom is 0.126 e. The van der Waals surface area contributed by atoms with Gasteiger partial charge in [0.15, 0.2) is 0 Å². The summed E-state index contributed by atoms with van der Waals surface area (Å²) in [6, 6.07) is 13.1. The fourth-order valence-electron chi connectivity index (χ4n) is 8.59. The minimum absolute atomic E-state index is 0.0668. The summed E-state index contributed by atoms with van der Waals surface area (Å²) in [5.74, 6) is 5.01. The van der Waals surface area contributed by atoms with Crippen molar-refractivity contribution in [1.82, 2.24) is 0 Å². The van der Waals surface area contributed by atoms with Crippen LogP contribution in [0, 0.1) is 11.8 Å². The van der Waals surface area contributed by atoms with Gasteiger partial charge in [-0.15, -0.1) is 0 Å². The van der Waals surface area contributed by atoms with Crippen molar-refractivity contribution in [2.75, 3.05) is 52.9 Å². The van der Waals surface area contributed by atoms with Crippen LogP contribution < -0.4 is 18.9 Å². The van der Waals surface area contributed by atoms with Crippen LogP contribution in [-0.4, -0.2) is 77.3 Å². The topological polar surface area (TPSA) is 87.0 Å². The average Bonchev–Trinajstić information content (AvgIpc) is 3.82. The van der Waals surface area contributed by atoms with E-state index in [-0.39, 0.29) is 35.2 Å². The summed E-state index contributed by atoms with van der Waals surface area (Å²) < 4.78 is 46.9. The van der Waals surface area contributed by atoms with Crippen LogP contribution in [0.1, 0.15) is 49.7 Å². The van der Waals surface area contributed by atoms with Crippen LogP contribution >= 0.6 is 0 Å². The highest BCUT2D eigenvalue weighted by atomic mass is 16.6. The Kier molecular flexibility index (Phi) is 6.18. The lowest BCUT2D eigenvalue weighted by atomic mass is 9.41. The van der Waals surface area contributed by atoms with Crippen LogP contribution in [0.25, 0.3) is 0 Å². The normalized spacial score (nSPS) is 38.2. The molecule has 0 aromatic heterocycles. The molecule has 224 valence electrons. The Morgan fingerprint density at radius 3 is 1.31 bits per heavy atom. The van der Waals surface area contributed by atoms with Crippen molar-refractivity contribution < 1.29 is 37.9 Å². The molecule has 4 saturated heterocycles. The van der Waals surface area contributed by atoms with Crippen LogP contribution in [0.5, 0.6) is 23.0 Å². The Labute approximate surface area is 246 Å². The molecule has 8 fully saturated rings. The van der Waals surface area contributed by atoms with Crippen LogP contribution in [0.4, 0.5) is 0 Å². The first kappa shape index (κ1) is 25.9. The second kappa shape index (κ2) is 10.0. The first-order chi connectivity index (χ1) is 20.6. The van der Waals surface area contributed by atoms with Crippen molar-refractivity contribution in [3.8, 4) is 23.0 Å². The van der Waals surface area contributed by atoms with E-state index in [1.807, 2.05) is 0 Å². The first-order valence-corrected chi connectivity index (χ1v) is 15.9. The molecule has 0 amide bonds. The molecule has 4 bridgehead atoms. The molecule has 8 nitrogen and oxygen atoms in total. The minimum atomic E-state index is 0.0668. The van der Waals surface area contributed by atoms with E-state index in [1.165, 1.54) is 43.2 Å². The van der Waals surface area contributed by atoms with Gasteiger partial charge in [-0.25, -0.2) is 0 Å². The van der Waals surface area contributed by atoms with Crippen LogP contribution in [0.2, 0.25) is 0 Å². The van der Waals surface area contributed by atoms with Gasteiger partial charge in [-0.05, 0) is 62.5 Å². The maximum absolute atomic E-state index is 6.51. The van der Waals surface area contributed by atoms with Crippen molar-refractivity contribution in [2.45, 2.75) is 73.8 Å². The predicted molar refractivity (Wildman–Crippen MR) is 152 cm³/mol. The largest absolute Gasteiger partial charge is 0.491 e. The number of epoxide rings is 4. The summed E-state index contributed by atoms with van der Waals surface area (Å²) >= 11 is 0. The lowest BCUT2D eigenvalue weighted by molar-refractivity contribution is -0.0302. The quantitative estimate of drug-likeness (QED) is 0.302. The highest BCUT2D eigenvalue weighted by Gasteiger charge is 2.60. The molecule has 2 aromatic rings. The third-order valence-electron chi connectivity index (χ3n) is 10.4. The monoisotopic (exact) mass is 576 g/mol. The summed E-state index contributed by atoms with van der Waals surface area (Å²) in [5.41, 5.74) is 2.82. The van der Waals surface area contributed by atoms with Crippen molar-refractivity contribution in [3.05, 3.63) is 47.5 Å².